The molecule has 0 aromatic rings. The van der Waals surface area contributed by atoms with Crippen molar-refractivity contribution in [2.45, 2.75) is 41.5 Å². The first kappa shape index (κ1) is 20.5. The molecule has 96 valence electrons. The van der Waals surface area contributed by atoms with Crippen molar-refractivity contribution in [2.24, 2.45) is 5.92 Å². The molecule has 2 heteroatoms. The van der Waals surface area contributed by atoms with Crippen LogP contribution >= 0.6 is 0 Å². The standard InChI is InChI=1S/C8H16N2.2C2H6.C2H2/c1-7(2)8-5-6-9(3)10(8)4;3*1-2/h5,7H,6H2,1-4H3;2*1-2H3;1-2H. The van der Waals surface area contributed by atoms with Gasteiger partial charge in [0.25, 0.3) is 0 Å². The lowest BCUT2D eigenvalue weighted by molar-refractivity contribution is 0.0925. The first-order chi connectivity index (χ1) is 7.63. The van der Waals surface area contributed by atoms with Crippen molar-refractivity contribution in [1.29, 1.82) is 0 Å². The van der Waals surface area contributed by atoms with Gasteiger partial charge in [0.2, 0.25) is 0 Å². The van der Waals surface area contributed by atoms with Crippen molar-refractivity contribution in [3.63, 3.8) is 0 Å². The summed E-state index contributed by atoms with van der Waals surface area (Å²) in [5.74, 6) is 0.648. The van der Waals surface area contributed by atoms with E-state index in [0.717, 1.165) is 6.54 Å². The molecule has 1 aliphatic heterocycles. The zero-order valence-electron chi connectivity index (χ0n) is 12.4. The first-order valence-corrected chi connectivity index (χ1v) is 6.11. The van der Waals surface area contributed by atoms with E-state index in [1.807, 2.05) is 27.7 Å². The molecule has 0 aromatic carbocycles. The number of hydrogen-bond acceptors (Lipinski definition) is 2. The SMILES string of the molecule is C#C.CC.CC.CC(C)C1=CCN(C)N1C. The Kier molecular flexibility index (Phi) is 18.0. The Hall–Kier alpha value is -0.940. The fourth-order valence-electron chi connectivity index (χ4n) is 1.29. The van der Waals surface area contributed by atoms with Gasteiger partial charge in [0.1, 0.15) is 0 Å². The summed E-state index contributed by atoms with van der Waals surface area (Å²) < 4.78 is 0. The largest absolute Gasteiger partial charge is 0.313 e. The van der Waals surface area contributed by atoms with Crippen LogP contribution in [0.2, 0.25) is 0 Å². The summed E-state index contributed by atoms with van der Waals surface area (Å²) in [6, 6.07) is 0. The molecule has 0 saturated heterocycles. The van der Waals surface area contributed by atoms with Crippen LogP contribution in [0.3, 0.4) is 0 Å². The molecule has 0 aliphatic carbocycles. The van der Waals surface area contributed by atoms with Gasteiger partial charge in [-0.15, -0.1) is 12.8 Å². The van der Waals surface area contributed by atoms with Crippen molar-refractivity contribution >= 4 is 0 Å². The molecule has 1 aliphatic rings. The highest BCUT2D eigenvalue weighted by atomic mass is 15.6. The Morgan fingerprint density at radius 2 is 1.44 bits per heavy atom. The van der Waals surface area contributed by atoms with Crippen molar-refractivity contribution in [3.8, 4) is 12.8 Å². The second kappa shape index (κ2) is 14.1. The molecule has 1 rings (SSSR count). The highest BCUT2D eigenvalue weighted by Crippen LogP contribution is 2.19. The third-order valence-corrected chi connectivity index (χ3v) is 2.04. The normalized spacial score (nSPS) is 13.7. The number of likely N-dealkylation sites (N-methyl/N-ethyl adjacent to an activating group) is 1. The number of allylic oxidation sites excluding steroid dienone is 1. The Morgan fingerprint density at radius 3 is 1.56 bits per heavy atom. The quantitative estimate of drug-likeness (QED) is 0.630. The predicted octanol–water partition coefficient (Wildman–Crippen LogP) is 3.62. The van der Waals surface area contributed by atoms with Gasteiger partial charge in [-0.05, 0) is 12.0 Å². The minimum atomic E-state index is 0.648. The van der Waals surface area contributed by atoms with Crippen molar-refractivity contribution in [1.82, 2.24) is 10.0 Å². The summed E-state index contributed by atoms with van der Waals surface area (Å²) in [6.45, 7) is 13.5. The summed E-state index contributed by atoms with van der Waals surface area (Å²) >= 11 is 0. The number of hydrazine groups is 1. The van der Waals surface area contributed by atoms with E-state index in [2.05, 4.69) is 56.9 Å². The Morgan fingerprint density at radius 1 is 1.06 bits per heavy atom. The van der Waals surface area contributed by atoms with Crippen LogP contribution in [0.1, 0.15) is 41.5 Å². The molecule has 0 atom stereocenters. The first-order valence-electron chi connectivity index (χ1n) is 6.11. The third kappa shape index (κ3) is 7.36. The minimum Gasteiger partial charge on any atom is -0.313 e. The van der Waals surface area contributed by atoms with E-state index in [9.17, 15) is 0 Å². The molecule has 2 nitrogen and oxygen atoms in total. The lowest BCUT2D eigenvalue weighted by Crippen LogP contribution is -2.31. The van der Waals surface area contributed by atoms with Crippen LogP contribution in [-0.2, 0) is 0 Å². The van der Waals surface area contributed by atoms with Crippen LogP contribution < -0.4 is 0 Å². The summed E-state index contributed by atoms with van der Waals surface area (Å²) in [6.07, 6.45) is 10.3. The molecule has 0 N–H and O–H groups in total. The van der Waals surface area contributed by atoms with Gasteiger partial charge in [0.05, 0.1) is 0 Å². The molecule has 0 fully saturated rings. The van der Waals surface area contributed by atoms with E-state index >= 15 is 0 Å². The molecular formula is C14H30N2. The topological polar surface area (TPSA) is 6.48 Å². The number of rotatable bonds is 1. The van der Waals surface area contributed by atoms with E-state index in [1.165, 1.54) is 5.70 Å². The number of hydrogen-bond donors (Lipinski definition) is 0. The maximum atomic E-state index is 4.00. The van der Waals surface area contributed by atoms with E-state index in [0.29, 0.717) is 5.92 Å². The van der Waals surface area contributed by atoms with Crippen LogP contribution in [0.15, 0.2) is 11.8 Å². The maximum Gasteiger partial charge on any atom is 0.0378 e. The van der Waals surface area contributed by atoms with Gasteiger partial charge >= 0.3 is 0 Å². The van der Waals surface area contributed by atoms with Gasteiger partial charge in [0.15, 0.2) is 0 Å². The average molecular weight is 226 g/mol. The van der Waals surface area contributed by atoms with Crippen molar-refractivity contribution in [2.75, 3.05) is 20.6 Å². The summed E-state index contributed by atoms with van der Waals surface area (Å²) in [4.78, 5) is 0. The van der Waals surface area contributed by atoms with E-state index in [-0.39, 0.29) is 0 Å². The molecule has 16 heavy (non-hydrogen) atoms. The van der Waals surface area contributed by atoms with Gasteiger partial charge < -0.3 is 5.01 Å². The second-order valence-corrected chi connectivity index (χ2v) is 3.15. The third-order valence-electron chi connectivity index (χ3n) is 2.04. The molecule has 1 heterocycles. The lowest BCUT2D eigenvalue weighted by Gasteiger charge is -2.26. The second-order valence-electron chi connectivity index (χ2n) is 3.15. The average Bonchev–Trinajstić information content (AvgIpc) is 2.68. The van der Waals surface area contributed by atoms with E-state index in [4.69, 9.17) is 0 Å². The van der Waals surface area contributed by atoms with Crippen LogP contribution in [0, 0.1) is 18.8 Å². The Balaban J connectivity index is -0.000000245. The molecule has 0 spiro atoms. The summed E-state index contributed by atoms with van der Waals surface area (Å²) in [7, 11) is 4.21. The fraction of sp³-hybridized carbons (Fsp3) is 0.714. The maximum absolute atomic E-state index is 4.00. The smallest absolute Gasteiger partial charge is 0.0378 e. The molecule has 0 radical (unpaired) electrons. The van der Waals surface area contributed by atoms with E-state index in [1.54, 1.807) is 0 Å². The zero-order chi connectivity index (χ0) is 13.7. The fourth-order valence-corrected chi connectivity index (χ4v) is 1.29. The lowest BCUT2D eigenvalue weighted by atomic mass is 10.1. The monoisotopic (exact) mass is 226 g/mol. The van der Waals surface area contributed by atoms with Gasteiger partial charge in [-0.1, -0.05) is 41.5 Å². The van der Waals surface area contributed by atoms with Crippen LogP contribution in [0.4, 0.5) is 0 Å². The zero-order valence-corrected chi connectivity index (χ0v) is 12.4. The van der Waals surface area contributed by atoms with Crippen LogP contribution in [0.5, 0.6) is 0 Å². The van der Waals surface area contributed by atoms with E-state index < -0.39 is 0 Å². The summed E-state index contributed by atoms with van der Waals surface area (Å²) in [5.41, 5.74) is 1.43. The van der Waals surface area contributed by atoms with Crippen molar-refractivity contribution in [3.05, 3.63) is 11.8 Å². The summed E-state index contributed by atoms with van der Waals surface area (Å²) in [5, 5.41) is 4.42. The molecule has 0 amide bonds. The van der Waals surface area contributed by atoms with Gasteiger partial charge in [0, 0.05) is 26.3 Å². The van der Waals surface area contributed by atoms with Gasteiger partial charge in [-0.2, -0.15) is 0 Å². The number of nitrogens with zero attached hydrogens (tertiary/aromatic N) is 2. The van der Waals surface area contributed by atoms with Crippen LogP contribution in [0.25, 0.3) is 0 Å². The molecular weight excluding hydrogens is 196 g/mol. The molecule has 0 unspecified atom stereocenters. The molecule has 0 aromatic heterocycles. The molecule has 0 saturated carbocycles. The Labute approximate surface area is 103 Å². The highest BCUT2D eigenvalue weighted by molar-refractivity contribution is 5.07. The van der Waals surface area contributed by atoms with Crippen molar-refractivity contribution < 1.29 is 0 Å². The van der Waals surface area contributed by atoms with Crippen LogP contribution in [-0.4, -0.2) is 30.7 Å². The minimum absolute atomic E-state index is 0.648. The molecule has 0 bridgehead atoms. The Bertz CT molecular complexity index is 180. The van der Waals surface area contributed by atoms with Gasteiger partial charge in [-0.3, -0.25) is 0 Å². The predicted molar refractivity (Wildman–Crippen MR) is 75.9 cm³/mol. The highest BCUT2D eigenvalue weighted by Gasteiger charge is 2.17. The number of terminal acetylenes is 1. The van der Waals surface area contributed by atoms with Gasteiger partial charge in [-0.25, -0.2) is 5.01 Å².